The van der Waals surface area contributed by atoms with Crippen molar-refractivity contribution < 1.29 is 27.1 Å². The van der Waals surface area contributed by atoms with Gasteiger partial charge in [-0.25, -0.2) is 4.39 Å². The monoisotopic (exact) mass is 479 g/mol. The minimum atomic E-state index is -4.45. The average molecular weight is 479 g/mol. The van der Waals surface area contributed by atoms with Crippen molar-refractivity contribution in [3.8, 4) is 16.9 Å². The maximum absolute atomic E-state index is 14.8. The molecule has 182 valence electrons. The Hall–Kier alpha value is -3.44. The fourth-order valence-electron chi connectivity index (χ4n) is 3.13. The van der Waals surface area contributed by atoms with Gasteiger partial charge in [0.1, 0.15) is 18.2 Å². The fourth-order valence-corrected chi connectivity index (χ4v) is 3.13. The summed E-state index contributed by atoms with van der Waals surface area (Å²) < 4.78 is 58.8. The summed E-state index contributed by atoms with van der Waals surface area (Å²) in [4.78, 5) is 14.6. The molecule has 0 aliphatic heterocycles. The molecule has 3 rings (SSSR count). The number of likely N-dealkylation sites (N-methyl/N-ethyl adjacent to an activating group) is 1. The van der Waals surface area contributed by atoms with Crippen molar-refractivity contribution >= 4 is 11.6 Å². The standard InChI is InChI=1S/C23H25F4N5O2/c1-32(2)7-8-34-21-10-17(15-12-29-30-13-15)18(24)11-20(21)31-22(33)19(28)9-14-3-5-16(6-4-14)23(25,26)27/h3-6,10-13,19H,7-9,28H2,1-2H3,(H,29,30)(H,31,33). The summed E-state index contributed by atoms with van der Waals surface area (Å²) in [5, 5.41) is 9.01. The number of nitrogens with one attached hydrogen (secondary N) is 2. The Bertz CT molecular complexity index is 1100. The van der Waals surface area contributed by atoms with Crippen molar-refractivity contribution in [1.29, 1.82) is 0 Å². The number of aromatic nitrogens is 2. The molecule has 34 heavy (non-hydrogen) atoms. The number of hydrogen-bond donors (Lipinski definition) is 3. The third kappa shape index (κ3) is 6.55. The Morgan fingerprint density at radius 1 is 1.24 bits per heavy atom. The molecule has 1 atom stereocenters. The highest BCUT2D eigenvalue weighted by Gasteiger charge is 2.30. The molecule has 11 heteroatoms. The fraction of sp³-hybridized carbons (Fsp3) is 0.304. The molecule has 1 heterocycles. The number of nitrogens with two attached hydrogens (primary N) is 1. The molecule has 0 saturated heterocycles. The number of anilines is 1. The molecule has 0 radical (unpaired) electrons. The number of rotatable bonds is 9. The van der Waals surface area contributed by atoms with Crippen LogP contribution in [0, 0.1) is 5.82 Å². The van der Waals surface area contributed by atoms with E-state index in [1.165, 1.54) is 30.6 Å². The summed E-state index contributed by atoms with van der Waals surface area (Å²) >= 11 is 0. The second-order valence-corrected chi connectivity index (χ2v) is 7.96. The van der Waals surface area contributed by atoms with Gasteiger partial charge < -0.3 is 20.7 Å². The van der Waals surface area contributed by atoms with Crippen LogP contribution in [0.2, 0.25) is 0 Å². The molecule has 0 fully saturated rings. The predicted molar refractivity (Wildman–Crippen MR) is 120 cm³/mol. The van der Waals surface area contributed by atoms with Gasteiger partial charge in [0.15, 0.2) is 0 Å². The van der Waals surface area contributed by atoms with E-state index in [9.17, 15) is 22.4 Å². The molecule has 3 aromatic rings. The molecule has 0 bridgehead atoms. The highest BCUT2D eigenvalue weighted by molar-refractivity contribution is 5.96. The first-order valence-corrected chi connectivity index (χ1v) is 10.4. The first-order chi connectivity index (χ1) is 16.0. The van der Waals surface area contributed by atoms with E-state index in [0.717, 1.165) is 18.2 Å². The molecule has 7 nitrogen and oxygen atoms in total. The van der Waals surface area contributed by atoms with Gasteiger partial charge >= 0.3 is 6.18 Å². The molecule has 1 unspecified atom stereocenters. The van der Waals surface area contributed by atoms with Gasteiger partial charge in [0, 0.05) is 29.9 Å². The topological polar surface area (TPSA) is 96.3 Å². The number of ether oxygens (including phenoxy) is 1. The number of carbonyl (C=O) groups excluding carboxylic acids is 1. The molecule has 0 saturated carbocycles. The maximum Gasteiger partial charge on any atom is 0.416 e. The van der Waals surface area contributed by atoms with Crippen LogP contribution >= 0.6 is 0 Å². The van der Waals surface area contributed by atoms with Crippen LogP contribution in [-0.2, 0) is 17.4 Å². The van der Waals surface area contributed by atoms with Crippen LogP contribution < -0.4 is 15.8 Å². The van der Waals surface area contributed by atoms with Gasteiger partial charge in [0.2, 0.25) is 5.91 Å². The highest BCUT2D eigenvalue weighted by Crippen LogP contribution is 2.34. The summed E-state index contributed by atoms with van der Waals surface area (Å²) in [5.74, 6) is -0.990. The van der Waals surface area contributed by atoms with E-state index in [-0.39, 0.29) is 30.0 Å². The van der Waals surface area contributed by atoms with Crippen molar-refractivity contribution in [1.82, 2.24) is 15.1 Å². The lowest BCUT2D eigenvalue weighted by Crippen LogP contribution is -2.37. The van der Waals surface area contributed by atoms with Crippen LogP contribution in [0.4, 0.5) is 23.2 Å². The van der Waals surface area contributed by atoms with Gasteiger partial charge in [0.25, 0.3) is 0 Å². The molecule has 0 aliphatic carbocycles. The van der Waals surface area contributed by atoms with E-state index >= 15 is 0 Å². The number of halogens is 4. The number of alkyl halides is 3. The lowest BCUT2D eigenvalue weighted by molar-refractivity contribution is -0.137. The minimum Gasteiger partial charge on any atom is -0.490 e. The number of hydrogen-bond acceptors (Lipinski definition) is 5. The van der Waals surface area contributed by atoms with Crippen LogP contribution in [0.5, 0.6) is 5.75 Å². The lowest BCUT2D eigenvalue weighted by Gasteiger charge is -2.18. The largest absolute Gasteiger partial charge is 0.490 e. The van der Waals surface area contributed by atoms with Gasteiger partial charge in [-0.15, -0.1) is 0 Å². The average Bonchev–Trinajstić information content (AvgIpc) is 3.29. The third-order valence-corrected chi connectivity index (χ3v) is 5.01. The van der Waals surface area contributed by atoms with Crippen LogP contribution in [0.1, 0.15) is 11.1 Å². The molecule has 1 amide bonds. The van der Waals surface area contributed by atoms with E-state index in [0.29, 0.717) is 17.7 Å². The summed E-state index contributed by atoms with van der Waals surface area (Å²) in [6.45, 7) is 0.864. The number of nitrogens with zero attached hydrogens (tertiary/aromatic N) is 2. The van der Waals surface area contributed by atoms with E-state index in [4.69, 9.17) is 10.5 Å². The summed E-state index contributed by atoms with van der Waals surface area (Å²) in [6, 6.07) is 5.92. The summed E-state index contributed by atoms with van der Waals surface area (Å²) in [5.41, 5.74) is 6.47. The Kier molecular flexibility index (Phi) is 7.90. The zero-order valence-electron chi connectivity index (χ0n) is 18.6. The van der Waals surface area contributed by atoms with Crippen molar-refractivity contribution in [2.45, 2.75) is 18.6 Å². The maximum atomic E-state index is 14.8. The molecule has 1 aromatic heterocycles. The van der Waals surface area contributed by atoms with E-state index in [1.807, 2.05) is 19.0 Å². The first kappa shape index (κ1) is 25.2. The normalized spacial score (nSPS) is 12.6. The molecule has 2 aromatic carbocycles. The van der Waals surface area contributed by atoms with Crippen molar-refractivity contribution in [2.24, 2.45) is 5.73 Å². The van der Waals surface area contributed by atoms with Crippen LogP contribution in [0.3, 0.4) is 0 Å². The van der Waals surface area contributed by atoms with E-state index < -0.39 is 29.5 Å². The molecule has 4 N–H and O–H groups in total. The summed E-state index contributed by atoms with van der Waals surface area (Å²) in [6.07, 6.45) is -1.47. The van der Waals surface area contributed by atoms with Crippen molar-refractivity contribution in [3.63, 3.8) is 0 Å². The molecular formula is C23H25F4N5O2. The first-order valence-electron chi connectivity index (χ1n) is 10.4. The lowest BCUT2D eigenvalue weighted by atomic mass is 10.0. The summed E-state index contributed by atoms with van der Waals surface area (Å²) in [7, 11) is 3.74. The van der Waals surface area contributed by atoms with Crippen LogP contribution in [0.25, 0.3) is 11.1 Å². The quantitative estimate of drug-likeness (QED) is 0.407. The van der Waals surface area contributed by atoms with Crippen molar-refractivity contribution in [2.75, 3.05) is 32.6 Å². The third-order valence-electron chi connectivity index (χ3n) is 5.01. The Morgan fingerprint density at radius 3 is 2.53 bits per heavy atom. The smallest absolute Gasteiger partial charge is 0.416 e. The second-order valence-electron chi connectivity index (χ2n) is 7.96. The number of H-pyrrole nitrogens is 1. The van der Waals surface area contributed by atoms with E-state index in [1.54, 1.807) is 0 Å². The van der Waals surface area contributed by atoms with Crippen LogP contribution in [0.15, 0.2) is 48.8 Å². The molecular weight excluding hydrogens is 454 g/mol. The van der Waals surface area contributed by atoms with Gasteiger partial charge in [0.05, 0.1) is 23.5 Å². The molecule has 0 aliphatic rings. The zero-order chi connectivity index (χ0) is 24.9. The van der Waals surface area contributed by atoms with Crippen LogP contribution in [-0.4, -0.2) is 54.3 Å². The van der Waals surface area contributed by atoms with E-state index in [2.05, 4.69) is 15.5 Å². The van der Waals surface area contributed by atoms with Gasteiger partial charge in [-0.05, 0) is 44.3 Å². The minimum absolute atomic E-state index is 0.00360. The Balaban J connectivity index is 1.76. The number of benzene rings is 2. The Morgan fingerprint density at radius 2 is 1.94 bits per heavy atom. The van der Waals surface area contributed by atoms with Gasteiger partial charge in [-0.1, -0.05) is 12.1 Å². The zero-order valence-corrected chi connectivity index (χ0v) is 18.6. The molecule has 0 spiro atoms. The van der Waals surface area contributed by atoms with Crippen molar-refractivity contribution in [3.05, 3.63) is 65.7 Å². The van der Waals surface area contributed by atoms with Gasteiger partial charge in [-0.3, -0.25) is 9.89 Å². The number of amides is 1. The van der Waals surface area contributed by atoms with Gasteiger partial charge in [-0.2, -0.15) is 18.3 Å². The highest BCUT2D eigenvalue weighted by atomic mass is 19.4. The number of aromatic amines is 1. The number of carbonyl (C=O) groups is 1. The predicted octanol–water partition coefficient (Wildman–Crippen LogP) is 3.68. The Labute approximate surface area is 193 Å². The second kappa shape index (κ2) is 10.7. The SMILES string of the molecule is CN(C)CCOc1cc(-c2cn[nH]c2)c(F)cc1NC(=O)C(N)Cc1ccc(C(F)(F)F)cc1.